The van der Waals surface area contributed by atoms with Gasteiger partial charge in [-0.25, -0.2) is 0 Å². The molecule has 0 heterocycles. The van der Waals surface area contributed by atoms with Gasteiger partial charge in [-0.1, -0.05) is 50.2 Å². The van der Waals surface area contributed by atoms with Crippen LogP contribution in [0.15, 0.2) is 42.5 Å². The second kappa shape index (κ2) is 6.76. The number of hydrogen-bond acceptors (Lipinski definition) is 2. The minimum atomic E-state index is -0.170. The zero-order chi connectivity index (χ0) is 12.3. The Morgan fingerprint density at radius 2 is 1.78 bits per heavy atom. The van der Waals surface area contributed by atoms with Crippen molar-refractivity contribution in [1.29, 1.82) is 0 Å². The Morgan fingerprint density at radius 3 is 2.50 bits per heavy atom. The third-order valence-electron chi connectivity index (χ3n) is 2.55. The molecule has 2 aromatic rings. The number of carbonyl (C=O) groups excluding carboxylic acids is 1. The summed E-state index contributed by atoms with van der Waals surface area (Å²) in [5, 5.41) is 2.06. The van der Waals surface area contributed by atoms with Crippen LogP contribution in [0.5, 0.6) is 5.75 Å². The summed E-state index contributed by atoms with van der Waals surface area (Å²) in [7, 11) is 0. The summed E-state index contributed by atoms with van der Waals surface area (Å²) in [5.74, 6) is 0.794. The molecular weight excluding hydrogens is 236 g/mol. The Kier molecular flexibility index (Phi) is 5.63. The first kappa shape index (κ1) is 15.0. The number of carbonyl (C=O) groups is 1. The summed E-state index contributed by atoms with van der Waals surface area (Å²) in [6, 6.07) is 13.6. The Hall–Kier alpha value is -1.06. The molecule has 0 spiro atoms. The third kappa shape index (κ3) is 3.72. The average Bonchev–Trinajstić information content (AvgIpc) is 2.28. The smallest absolute Gasteiger partial charge is 0.316 e. The van der Waals surface area contributed by atoms with Crippen LogP contribution in [0, 0.1) is 5.92 Å². The number of fused-ring (bicyclic) bond motifs is 1. The first-order valence-corrected chi connectivity index (χ1v) is 5.85. The first-order valence-electron chi connectivity index (χ1n) is 5.85. The molecule has 2 nitrogen and oxygen atoms in total. The van der Waals surface area contributed by atoms with Gasteiger partial charge in [0.15, 0.2) is 0 Å². The molecule has 2 aromatic carbocycles. The van der Waals surface area contributed by atoms with Crippen LogP contribution in [0.2, 0.25) is 0 Å². The van der Waals surface area contributed by atoms with Crippen LogP contribution in [-0.4, -0.2) is 29.0 Å². The van der Waals surface area contributed by atoms with E-state index < -0.39 is 0 Å². The van der Waals surface area contributed by atoms with E-state index in [9.17, 15) is 4.79 Å². The molecule has 18 heavy (non-hydrogen) atoms. The molecule has 0 aliphatic rings. The summed E-state index contributed by atoms with van der Waals surface area (Å²) in [4.78, 5) is 11.6. The van der Waals surface area contributed by atoms with E-state index >= 15 is 0 Å². The Balaban J connectivity index is 0.00000162. The van der Waals surface area contributed by atoms with Gasteiger partial charge in [-0.2, -0.15) is 0 Å². The molecule has 0 unspecified atom stereocenters. The normalized spacial score (nSPS) is 10.2. The lowest BCUT2D eigenvalue weighted by Gasteiger charge is -2.08. The highest BCUT2D eigenvalue weighted by atomic mass is 24.3. The number of benzene rings is 2. The molecule has 0 radical (unpaired) electrons. The lowest BCUT2D eigenvalue weighted by atomic mass is 10.1. The van der Waals surface area contributed by atoms with Gasteiger partial charge in [0, 0.05) is 11.8 Å². The molecule has 0 amide bonds. The largest absolute Gasteiger partial charge is 0.426 e. The molecule has 0 saturated carbocycles. The van der Waals surface area contributed by atoms with Gasteiger partial charge in [-0.05, 0) is 17.4 Å². The molecular formula is C15H18MgO2. The molecule has 0 atom stereocenters. The van der Waals surface area contributed by atoms with Gasteiger partial charge < -0.3 is 4.74 Å². The highest BCUT2D eigenvalue weighted by Gasteiger charge is 2.09. The minimum Gasteiger partial charge on any atom is -0.426 e. The fourth-order valence-corrected chi connectivity index (χ4v) is 1.78. The molecule has 0 N–H and O–H groups in total. The van der Waals surface area contributed by atoms with E-state index in [1.165, 1.54) is 0 Å². The fourth-order valence-electron chi connectivity index (χ4n) is 1.78. The quantitative estimate of drug-likeness (QED) is 0.478. The summed E-state index contributed by atoms with van der Waals surface area (Å²) >= 11 is 0. The predicted octanol–water partition coefficient (Wildman–Crippen LogP) is 2.88. The Labute approximate surface area is 123 Å². The zero-order valence-electron chi connectivity index (χ0n) is 10.1. The Morgan fingerprint density at radius 1 is 1.11 bits per heavy atom. The zero-order valence-corrected chi connectivity index (χ0v) is 10.1. The van der Waals surface area contributed by atoms with Crippen molar-refractivity contribution in [3.8, 4) is 5.75 Å². The van der Waals surface area contributed by atoms with E-state index in [-0.39, 0.29) is 29.0 Å². The molecule has 2 rings (SSSR count). The van der Waals surface area contributed by atoms with E-state index in [2.05, 4.69) is 0 Å². The molecule has 0 fully saturated rings. The lowest BCUT2D eigenvalue weighted by Crippen LogP contribution is -2.10. The number of esters is 1. The van der Waals surface area contributed by atoms with Crippen LogP contribution in [0.3, 0.4) is 0 Å². The molecule has 0 bridgehead atoms. The average molecular weight is 255 g/mol. The van der Waals surface area contributed by atoms with Crippen molar-refractivity contribution in [2.45, 2.75) is 20.3 Å². The van der Waals surface area contributed by atoms with Crippen LogP contribution in [0.25, 0.3) is 10.8 Å². The van der Waals surface area contributed by atoms with E-state index in [1.807, 2.05) is 56.3 Å². The highest BCUT2D eigenvalue weighted by molar-refractivity contribution is 5.90. The highest BCUT2D eigenvalue weighted by Crippen LogP contribution is 2.25. The van der Waals surface area contributed by atoms with Crippen molar-refractivity contribution in [2.24, 2.45) is 5.92 Å². The van der Waals surface area contributed by atoms with Gasteiger partial charge in [0.1, 0.15) is 5.75 Å². The van der Waals surface area contributed by atoms with E-state index in [0.29, 0.717) is 18.1 Å². The SMILES string of the molecule is CC(C)CC(=O)Oc1cccc2ccccc12.[MgH2]. The molecule has 0 saturated heterocycles. The van der Waals surface area contributed by atoms with Gasteiger partial charge in [0.25, 0.3) is 0 Å². The van der Waals surface area contributed by atoms with Crippen molar-refractivity contribution in [2.75, 3.05) is 0 Å². The van der Waals surface area contributed by atoms with Crippen molar-refractivity contribution in [1.82, 2.24) is 0 Å². The van der Waals surface area contributed by atoms with Crippen LogP contribution >= 0.6 is 0 Å². The topological polar surface area (TPSA) is 26.3 Å². The van der Waals surface area contributed by atoms with Gasteiger partial charge >= 0.3 is 29.0 Å². The lowest BCUT2D eigenvalue weighted by molar-refractivity contribution is -0.135. The second-order valence-electron chi connectivity index (χ2n) is 4.55. The van der Waals surface area contributed by atoms with Gasteiger partial charge in [-0.3, -0.25) is 4.79 Å². The van der Waals surface area contributed by atoms with Crippen molar-refractivity contribution >= 4 is 39.8 Å². The van der Waals surface area contributed by atoms with Crippen LogP contribution in [-0.2, 0) is 4.79 Å². The van der Waals surface area contributed by atoms with Crippen LogP contribution in [0.4, 0.5) is 0 Å². The second-order valence-corrected chi connectivity index (χ2v) is 4.55. The number of ether oxygens (including phenoxy) is 1. The Bertz CT molecular complexity index is 530. The van der Waals surface area contributed by atoms with E-state index in [4.69, 9.17) is 4.74 Å². The molecule has 92 valence electrons. The van der Waals surface area contributed by atoms with Gasteiger partial charge in [-0.15, -0.1) is 0 Å². The van der Waals surface area contributed by atoms with Crippen molar-refractivity contribution < 1.29 is 9.53 Å². The monoisotopic (exact) mass is 254 g/mol. The third-order valence-corrected chi connectivity index (χ3v) is 2.55. The standard InChI is InChI=1S/C15H16O2.Mg.2H/c1-11(2)10-15(16)17-14-9-5-7-12-6-3-4-8-13(12)14;;;/h3-9,11H,10H2,1-2H3;;;. The van der Waals surface area contributed by atoms with Crippen molar-refractivity contribution in [3.63, 3.8) is 0 Å². The summed E-state index contributed by atoms with van der Waals surface area (Å²) < 4.78 is 5.40. The molecule has 0 aromatic heterocycles. The summed E-state index contributed by atoms with van der Waals surface area (Å²) in [6.45, 7) is 4.01. The van der Waals surface area contributed by atoms with E-state index in [0.717, 1.165) is 10.8 Å². The van der Waals surface area contributed by atoms with Crippen LogP contribution < -0.4 is 4.74 Å². The number of hydrogen-bond donors (Lipinski definition) is 0. The van der Waals surface area contributed by atoms with Gasteiger partial charge in [0.05, 0.1) is 0 Å². The summed E-state index contributed by atoms with van der Waals surface area (Å²) in [6.07, 6.45) is 0.448. The summed E-state index contributed by atoms with van der Waals surface area (Å²) in [5.41, 5.74) is 0. The molecule has 0 aliphatic carbocycles. The van der Waals surface area contributed by atoms with Crippen LogP contribution in [0.1, 0.15) is 20.3 Å². The maximum Gasteiger partial charge on any atom is 0.316 e. The fraction of sp³-hybridized carbons (Fsp3) is 0.267. The minimum absolute atomic E-state index is 0. The molecule has 0 aliphatic heterocycles. The maximum absolute atomic E-state index is 11.6. The number of rotatable bonds is 3. The first-order chi connectivity index (χ1) is 8.16. The maximum atomic E-state index is 11.6. The van der Waals surface area contributed by atoms with Gasteiger partial charge in [0.2, 0.25) is 0 Å². The predicted molar refractivity (Wildman–Crippen MR) is 77.6 cm³/mol. The van der Waals surface area contributed by atoms with Crippen molar-refractivity contribution in [3.05, 3.63) is 42.5 Å². The molecule has 3 heteroatoms. The van der Waals surface area contributed by atoms with E-state index in [1.54, 1.807) is 0 Å².